The molecule has 77 heavy (non-hydrogen) atoms. The van der Waals surface area contributed by atoms with Crippen LogP contribution in [0.1, 0.15) is 27.7 Å². The van der Waals surface area contributed by atoms with Crippen LogP contribution in [0.25, 0.3) is 0 Å². The molecule has 6 N–H and O–H groups in total. The second-order valence-electron chi connectivity index (χ2n) is 14.0. The van der Waals surface area contributed by atoms with Gasteiger partial charge in [0.25, 0.3) is 0 Å². The second kappa shape index (κ2) is 26.2. The molecule has 0 spiro atoms. The van der Waals surface area contributed by atoms with Crippen molar-refractivity contribution in [3.8, 4) is 117 Å². The van der Waals surface area contributed by atoms with E-state index >= 15 is 0 Å². The van der Waals surface area contributed by atoms with Crippen LogP contribution in [0.2, 0.25) is 21.1 Å². The molecule has 16 bridgehead atoms. The molecule has 0 amide bonds. The highest BCUT2D eigenvalue weighted by atomic mass is 35.5. The van der Waals surface area contributed by atoms with Gasteiger partial charge in [0.2, 0.25) is 21.1 Å². The van der Waals surface area contributed by atoms with Crippen molar-refractivity contribution in [3.63, 3.8) is 0 Å². The molecule has 8 aromatic rings. The molecular weight excluding hydrogens is 1110 g/mol. The smallest absolute Gasteiger partial charge is 0.329 e. The molecule has 2 aliphatic heterocycles. The zero-order valence-corrected chi connectivity index (χ0v) is 42.4. The maximum atomic E-state index is 10.0. The molecule has 29 nitrogen and oxygen atoms in total. The minimum atomic E-state index is -0.231. The van der Waals surface area contributed by atoms with E-state index in [2.05, 4.69) is 69.3 Å². The molecule has 0 atom stereocenters. The Balaban J connectivity index is 0.000000204. The Morgan fingerprint density at radius 1 is 0.351 bits per heavy atom. The van der Waals surface area contributed by atoms with Gasteiger partial charge < -0.3 is 73.3 Å². The third kappa shape index (κ3) is 17.9. The first-order valence-corrected chi connectivity index (χ1v) is 22.5. The fourth-order valence-corrected chi connectivity index (χ4v) is 6.15. The number of esters is 2. The first-order valence-electron chi connectivity index (χ1n) is 21.0. The van der Waals surface area contributed by atoms with Crippen LogP contribution in [0.5, 0.6) is 117 Å². The average Bonchev–Trinajstić information content (AvgIpc) is 3.27. The van der Waals surface area contributed by atoms with Crippen molar-refractivity contribution < 1.29 is 82.9 Å². The van der Waals surface area contributed by atoms with Crippen molar-refractivity contribution >= 4 is 58.3 Å². The number of hydrogen-bond acceptors (Lipinski definition) is 28. The number of carbonyl (C=O) groups is 2. The van der Waals surface area contributed by atoms with Crippen molar-refractivity contribution in [2.75, 3.05) is 13.2 Å². The van der Waals surface area contributed by atoms with Gasteiger partial charge in [0, 0.05) is 86.6 Å². The lowest BCUT2D eigenvalue weighted by Gasteiger charge is -2.12. The summed E-state index contributed by atoms with van der Waals surface area (Å²) < 4.78 is 53.3. The minimum absolute atomic E-state index is 0. The van der Waals surface area contributed by atoms with Crippen molar-refractivity contribution in [3.05, 3.63) is 93.9 Å². The predicted molar refractivity (Wildman–Crippen MR) is 261 cm³/mol. The number of ether oxygens (including phenoxy) is 10. The van der Waals surface area contributed by atoms with Gasteiger partial charge in [-0.2, -0.15) is 39.9 Å². The Hall–Kier alpha value is -9.42. The van der Waals surface area contributed by atoms with Crippen LogP contribution in [0, 0.1) is 0 Å². The zero-order chi connectivity index (χ0) is 54.5. The van der Waals surface area contributed by atoms with Crippen LogP contribution in [0.15, 0.2) is 72.8 Å². The van der Waals surface area contributed by atoms with E-state index in [1.165, 1.54) is 86.6 Å². The lowest BCUT2D eigenvalue weighted by Crippen LogP contribution is -2.01. The molecule has 0 fully saturated rings. The fraction of sp³-hybridized carbons (Fsp3) is 0.136. The summed E-state index contributed by atoms with van der Waals surface area (Å²) >= 11 is 23.8. The molecule has 4 aromatic carbocycles. The van der Waals surface area contributed by atoms with E-state index in [1.54, 1.807) is 13.8 Å². The SMILES string of the molecule is CCOC(C)=O.CCOC(C)=O.O.Oc1cc2cc(c1)Oc1nc(Cl)nc(n1)Oc1cc(O)cc(c1)Oc1nc(Cl)nc(n1)O2.Oc1cc2cc(c1)Oc1nc(Cl)nc(n1)Oc1cc(O)cc(c1)Oc1nc(Cl)nc(n1)O2. The van der Waals surface area contributed by atoms with Gasteiger partial charge in [0.05, 0.1) is 13.2 Å². The van der Waals surface area contributed by atoms with Gasteiger partial charge in [-0.3, -0.25) is 9.59 Å². The summed E-state index contributed by atoms with van der Waals surface area (Å²) in [5.41, 5.74) is 0. The van der Waals surface area contributed by atoms with E-state index in [4.69, 9.17) is 84.3 Å². The highest BCUT2D eigenvalue weighted by molar-refractivity contribution is 6.29. The number of halogens is 4. The fourth-order valence-electron chi connectivity index (χ4n) is 5.57. The van der Waals surface area contributed by atoms with Crippen molar-refractivity contribution in [1.29, 1.82) is 0 Å². The number of phenols is 4. The highest BCUT2D eigenvalue weighted by Crippen LogP contribution is 2.38. The van der Waals surface area contributed by atoms with Crippen LogP contribution >= 0.6 is 46.4 Å². The molecule has 10 rings (SSSR count). The van der Waals surface area contributed by atoms with Crippen molar-refractivity contribution in [2.45, 2.75) is 27.7 Å². The largest absolute Gasteiger partial charge is 0.508 e. The number of hydrogen-bond donors (Lipinski definition) is 4. The quantitative estimate of drug-likeness (QED) is 0.117. The second-order valence-corrected chi connectivity index (χ2v) is 15.3. The predicted octanol–water partition coefficient (Wildman–Crippen LogP) is 8.83. The van der Waals surface area contributed by atoms with Crippen LogP contribution < -0.4 is 37.9 Å². The molecule has 0 saturated carbocycles. The Bertz CT molecular complexity index is 2640. The molecular formula is C44H34Cl4N12O17. The van der Waals surface area contributed by atoms with Gasteiger partial charge in [-0.1, -0.05) is 0 Å². The summed E-state index contributed by atoms with van der Waals surface area (Å²) in [6.45, 7) is 7.31. The number of benzene rings is 4. The lowest BCUT2D eigenvalue weighted by atomic mass is 10.3. The molecule has 400 valence electrons. The summed E-state index contributed by atoms with van der Waals surface area (Å²) in [7, 11) is 0. The first kappa shape index (κ1) is 56.9. The maximum Gasteiger partial charge on any atom is 0.329 e. The van der Waals surface area contributed by atoms with Gasteiger partial charge >= 0.3 is 60.0 Å². The van der Waals surface area contributed by atoms with Gasteiger partial charge in [0.15, 0.2) is 0 Å². The summed E-state index contributed by atoms with van der Waals surface area (Å²) in [5.74, 6) is -0.457. The van der Waals surface area contributed by atoms with Crippen LogP contribution in [0.3, 0.4) is 0 Å². The van der Waals surface area contributed by atoms with E-state index in [9.17, 15) is 30.0 Å². The molecule has 0 aliphatic carbocycles. The van der Waals surface area contributed by atoms with E-state index in [1.807, 2.05) is 0 Å². The number of aromatic nitrogens is 12. The molecule has 0 radical (unpaired) electrons. The van der Waals surface area contributed by atoms with Gasteiger partial charge in [-0.05, 0) is 60.3 Å². The summed E-state index contributed by atoms with van der Waals surface area (Å²) in [4.78, 5) is 66.6. The number of aromatic hydroxyl groups is 4. The Morgan fingerprint density at radius 2 is 0.506 bits per heavy atom. The Morgan fingerprint density at radius 3 is 0.623 bits per heavy atom. The summed E-state index contributed by atoms with van der Waals surface area (Å²) in [5, 5.41) is 39.2. The van der Waals surface area contributed by atoms with E-state index in [0.29, 0.717) is 13.2 Å². The average molecular weight is 1140 g/mol. The molecule has 0 saturated heterocycles. The van der Waals surface area contributed by atoms with Crippen LogP contribution in [0.4, 0.5) is 0 Å². The number of phenolic OH excluding ortho intramolecular Hbond substituents is 4. The first-order chi connectivity index (χ1) is 36.3. The molecule has 6 heterocycles. The standard InChI is InChI=1S/2C18H8Cl2N6O6.2C4H8O2.H2O/c2*19-13-21-15-25-16(22-13)31-11-3-8(28)4-12(6-11)32-18-24-14(20)23-17(26-18)30-10-2-7(27)1-9(5-10)29-15;2*1-3-6-4(2)5;/h2*1-6,27-28H;2*3H2,1-2H3;1H2. The Labute approximate surface area is 451 Å². The molecule has 2 aliphatic rings. The molecule has 33 heteroatoms. The topological polar surface area (TPSA) is 394 Å². The van der Waals surface area contributed by atoms with Crippen LogP contribution in [-0.2, 0) is 19.1 Å². The number of fused-ring (bicyclic) bond motifs is 16. The van der Waals surface area contributed by atoms with Gasteiger partial charge in [-0.15, -0.1) is 19.9 Å². The highest BCUT2D eigenvalue weighted by Gasteiger charge is 2.19. The zero-order valence-electron chi connectivity index (χ0n) is 39.4. The van der Waals surface area contributed by atoms with Crippen molar-refractivity contribution in [1.82, 2.24) is 59.8 Å². The van der Waals surface area contributed by atoms with E-state index in [0.717, 1.165) is 0 Å². The number of nitrogens with zero attached hydrogens (tertiary/aromatic N) is 12. The van der Waals surface area contributed by atoms with Gasteiger partial charge in [0.1, 0.15) is 69.0 Å². The van der Waals surface area contributed by atoms with Crippen LogP contribution in [-0.4, -0.2) is 111 Å². The number of rotatable bonds is 2. The van der Waals surface area contributed by atoms with E-state index in [-0.39, 0.29) is 156 Å². The van der Waals surface area contributed by atoms with Gasteiger partial charge in [-0.25, -0.2) is 0 Å². The van der Waals surface area contributed by atoms with Crippen molar-refractivity contribution in [2.24, 2.45) is 0 Å². The normalized spacial score (nSPS) is 11.2. The monoisotopic (exact) mass is 1140 g/mol. The summed E-state index contributed by atoms with van der Waals surface area (Å²) in [6, 6.07) is 14.0. The maximum absolute atomic E-state index is 10.0. The third-order valence-corrected chi connectivity index (χ3v) is 8.77. The number of carbonyl (C=O) groups excluding carboxylic acids is 2. The van der Waals surface area contributed by atoms with E-state index < -0.39 is 0 Å². The molecule has 0 unspecified atom stereocenters. The summed E-state index contributed by atoms with van der Waals surface area (Å²) in [6.07, 6.45) is 0. The minimum Gasteiger partial charge on any atom is -0.508 e. The Kier molecular flexibility index (Phi) is 19.3. The lowest BCUT2D eigenvalue weighted by molar-refractivity contribution is -0.141. The molecule has 4 aromatic heterocycles. The third-order valence-electron chi connectivity index (χ3n) is 8.10.